The van der Waals surface area contributed by atoms with Crippen molar-refractivity contribution in [2.24, 2.45) is 5.92 Å². The highest BCUT2D eigenvalue weighted by Crippen LogP contribution is 2.39. The first-order valence-corrected chi connectivity index (χ1v) is 7.33. The predicted octanol–water partition coefficient (Wildman–Crippen LogP) is 1.83. The summed E-state index contributed by atoms with van der Waals surface area (Å²) in [4.78, 5) is 24.9. The Hall–Kier alpha value is -1.70. The van der Waals surface area contributed by atoms with E-state index in [1.807, 2.05) is 4.90 Å². The van der Waals surface area contributed by atoms with Gasteiger partial charge in [-0.15, -0.1) is 12.3 Å². The van der Waals surface area contributed by atoms with Crippen molar-refractivity contribution >= 4 is 12.0 Å². The summed E-state index contributed by atoms with van der Waals surface area (Å²) < 4.78 is 0. The molecular formula is C15H22N2O3. The number of fused-ring (bicyclic) bond motifs is 2. The zero-order chi connectivity index (χ0) is 14.5. The number of carboxylic acid groups (broad SMARTS) is 1. The summed E-state index contributed by atoms with van der Waals surface area (Å²) in [6.45, 7) is 0.609. The molecule has 0 aliphatic carbocycles. The number of urea groups is 1. The lowest BCUT2D eigenvalue weighted by atomic mass is 9.88. The normalized spacial score (nSPS) is 27.9. The highest BCUT2D eigenvalue weighted by atomic mass is 16.4. The van der Waals surface area contributed by atoms with Crippen LogP contribution in [0.4, 0.5) is 4.79 Å². The molecule has 0 aromatic carbocycles. The number of carboxylic acids is 1. The van der Waals surface area contributed by atoms with Gasteiger partial charge < -0.3 is 15.3 Å². The summed E-state index contributed by atoms with van der Waals surface area (Å²) in [7, 11) is 0. The third-order valence-electron chi connectivity index (χ3n) is 4.30. The fraction of sp³-hybridized carbons (Fsp3) is 0.733. The van der Waals surface area contributed by atoms with Gasteiger partial charge in [0.15, 0.2) is 0 Å². The van der Waals surface area contributed by atoms with Gasteiger partial charge in [0.2, 0.25) is 0 Å². The molecule has 0 aromatic heterocycles. The largest absolute Gasteiger partial charge is 0.481 e. The van der Waals surface area contributed by atoms with Crippen LogP contribution in [0.3, 0.4) is 0 Å². The number of nitrogens with zero attached hydrogens (tertiary/aromatic N) is 1. The molecule has 2 saturated heterocycles. The molecule has 5 nitrogen and oxygen atoms in total. The van der Waals surface area contributed by atoms with Crippen LogP contribution in [-0.2, 0) is 4.79 Å². The molecule has 2 rings (SSSR count). The lowest BCUT2D eigenvalue weighted by Crippen LogP contribution is -2.51. The van der Waals surface area contributed by atoms with Crippen molar-refractivity contribution in [3.63, 3.8) is 0 Å². The molecule has 2 unspecified atom stereocenters. The molecule has 5 heteroatoms. The highest BCUT2D eigenvalue weighted by molar-refractivity contribution is 5.75. The molecule has 0 saturated carbocycles. The Morgan fingerprint density at radius 1 is 1.30 bits per heavy atom. The monoisotopic (exact) mass is 278 g/mol. The van der Waals surface area contributed by atoms with Crippen molar-refractivity contribution in [2.75, 3.05) is 6.54 Å². The standard InChI is InChI=1S/C15H22N2O3/c1-2-3-4-7-16-15(20)17-12-5-6-13(17)9-11(8-12)10-14(18)19/h1,11-13H,3-10H2,(H,16,20)(H,18,19). The minimum Gasteiger partial charge on any atom is -0.481 e. The van der Waals surface area contributed by atoms with Gasteiger partial charge in [0.1, 0.15) is 0 Å². The van der Waals surface area contributed by atoms with Crippen LogP contribution in [0.5, 0.6) is 0 Å². The van der Waals surface area contributed by atoms with Crippen molar-refractivity contribution in [2.45, 2.75) is 57.0 Å². The molecule has 2 aliphatic heterocycles. The zero-order valence-electron chi connectivity index (χ0n) is 11.7. The number of nitrogens with one attached hydrogen (secondary N) is 1. The van der Waals surface area contributed by atoms with Gasteiger partial charge in [-0.05, 0) is 38.0 Å². The van der Waals surface area contributed by atoms with E-state index in [9.17, 15) is 9.59 Å². The number of amides is 2. The number of carbonyl (C=O) groups excluding carboxylic acids is 1. The maximum Gasteiger partial charge on any atom is 0.317 e. The molecule has 0 spiro atoms. The van der Waals surface area contributed by atoms with Crippen molar-refractivity contribution in [3.8, 4) is 12.3 Å². The molecule has 2 fully saturated rings. The van der Waals surface area contributed by atoms with E-state index in [4.69, 9.17) is 11.5 Å². The van der Waals surface area contributed by atoms with Gasteiger partial charge in [-0.3, -0.25) is 4.79 Å². The van der Waals surface area contributed by atoms with Gasteiger partial charge in [0, 0.05) is 31.5 Å². The molecule has 0 aromatic rings. The Morgan fingerprint density at radius 2 is 1.95 bits per heavy atom. The number of aliphatic carboxylic acids is 1. The summed E-state index contributed by atoms with van der Waals surface area (Å²) >= 11 is 0. The number of terminal acetylenes is 1. The second-order valence-corrected chi connectivity index (χ2v) is 5.77. The zero-order valence-corrected chi connectivity index (χ0v) is 11.7. The Balaban J connectivity index is 1.84. The first-order valence-electron chi connectivity index (χ1n) is 7.33. The van der Waals surface area contributed by atoms with Crippen LogP contribution in [0, 0.1) is 18.3 Å². The van der Waals surface area contributed by atoms with E-state index < -0.39 is 5.97 Å². The number of hydrogen-bond acceptors (Lipinski definition) is 2. The summed E-state index contributed by atoms with van der Waals surface area (Å²) in [6.07, 6.45) is 10.5. The Morgan fingerprint density at radius 3 is 2.50 bits per heavy atom. The van der Waals surface area contributed by atoms with Crippen LogP contribution in [0.25, 0.3) is 0 Å². The van der Waals surface area contributed by atoms with Gasteiger partial charge in [-0.2, -0.15) is 0 Å². The first-order chi connectivity index (χ1) is 9.61. The molecule has 2 N–H and O–H groups in total. The van der Waals surface area contributed by atoms with Gasteiger partial charge in [-0.25, -0.2) is 4.79 Å². The first kappa shape index (κ1) is 14.7. The molecule has 2 heterocycles. The number of carbonyl (C=O) groups is 2. The number of unbranched alkanes of at least 4 members (excludes halogenated alkanes) is 1. The van der Waals surface area contributed by atoms with Gasteiger partial charge in [0.05, 0.1) is 0 Å². The number of piperidine rings is 1. The van der Waals surface area contributed by atoms with E-state index in [1.165, 1.54) is 0 Å². The van der Waals surface area contributed by atoms with Crippen LogP contribution < -0.4 is 5.32 Å². The van der Waals surface area contributed by atoms with E-state index in [0.717, 1.165) is 32.1 Å². The lowest BCUT2D eigenvalue weighted by Gasteiger charge is -2.38. The molecule has 2 atom stereocenters. The third kappa shape index (κ3) is 3.44. The van der Waals surface area contributed by atoms with Crippen molar-refractivity contribution < 1.29 is 14.7 Å². The summed E-state index contributed by atoms with van der Waals surface area (Å²) in [6, 6.07) is 0.416. The second kappa shape index (κ2) is 6.65. The average Bonchev–Trinajstić information content (AvgIpc) is 2.66. The summed E-state index contributed by atoms with van der Waals surface area (Å²) in [5.74, 6) is 2.04. The molecule has 2 bridgehead atoms. The van der Waals surface area contributed by atoms with Crippen LogP contribution in [-0.4, -0.2) is 40.6 Å². The average molecular weight is 278 g/mol. The smallest absolute Gasteiger partial charge is 0.317 e. The Bertz CT molecular complexity index is 402. The minimum absolute atomic E-state index is 0.0108. The quantitative estimate of drug-likeness (QED) is 0.595. The second-order valence-electron chi connectivity index (χ2n) is 5.77. The summed E-state index contributed by atoms with van der Waals surface area (Å²) in [5, 5.41) is 11.8. The maximum absolute atomic E-state index is 12.2. The highest BCUT2D eigenvalue weighted by Gasteiger charge is 2.43. The van der Waals surface area contributed by atoms with E-state index in [0.29, 0.717) is 13.0 Å². The molecule has 0 radical (unpaired) electrons. The lowest BCUT2D eigenvalue weighted by molar-refractivity contribution is -0.138. The molecule has 20 heavy (non-hydrogen) atoms. The Kier molecular flexibility index (Phi) is 4.89. The predicted molar refractivity (Wildman–Crippen MR) is 75.1 cm³/mol. The minimum atomic E-state index is -0.735. The van der Waals surface area contributed by atoms with E-state index in [1.54, 1.807) is 0 Å². The van der Waals surface area contributed by atoms with Gasteiger partial charge in [-0.1, -0.05) is 0 Å². The number of rotatable bonds is 5. The molecular weight excluding hydrogens is 256 g/mol. The van der Waals surface area contributed by atoms with Crippen molar-refractivity contribution in [3.05, 3.63) is 0 Å². The van der Waals surface area contributed by atoms with E-state index in [2.05, 4.69) is 11.2 Å². The van der Waals surface area contributed by atoms with Gasteiger partial charge >= 0.3 is 12.0 Å². The van der Waals surface area contributed by atoms with Gasteiger partial charge in [0.25, 0.3) is 0 Å². The fourth-order valence-electron chi connectivity index (χ4n) is 3.51. The molecule has 110 valence electrons. The third-order valence-corrected chi connectivity index (χ3v) is 4.30. The van der Waals surface area contributed by atoms with Crippen LogP contribution in [0.2, 0.25) is 0 Å². The Labute approximate surface area is 119 Å². The van der Waals surface area contributed by atoms with Crippen molar-refractivity contribution in [1.29, 1.82) is 0 Å². The molecule has 2 amide bonds. The number of hydrogen-bond donors (Lipinski definition) is 2. The van der Waals surface area contributed by atoms with Crippen LogP contribution in [0.1, 0.15) is 44.9 Å². The van der Waals surface area contributed by atoms with Crippen LogP contribution in [0.15, 0.2) is 0 Å². The fourth-order valence-corrected chi connectivity index (χ4v) is 3.51. The SMILES string of the molecule is C#CCCCNC(=O)N1C2CCC1CC(CC(=O)O)C2. The van der Waals surface area contributed by atoms with E-state index in [-0.39, 0.29) is 30.5 Å². The summed E-state index contributed by atoms with van der Waals surface area (Å²) in [5.41, 5.74) is 0. The van der Waals surface area contributed by atoms with Crippen molar-refractivity contribution in [1.82, 2.24) is 10.2 Å². The van der Waals surface area contributed by atoms with Crippen LogP contribution >= 0.6 is 0 Å². The maximum atomic E-state index is 12.2. The topological polar surface area (TPSA) is 69.6 Å². The molecule has 2 aliphatic rings. The van der Waals surface area contributed by atoms with E-state index >= 15 is 0 Å².